The zero-order valence-corrected chi connectivity index (χ0v) is 22.0. The third kappa shape index (κ3) is 7.31. The Labute approximate surface area is 214 Å². The lowest BCUT2D eigenvalue weighted by molar-refractivity contribution is 0.0529. The first kappa shape index (κ1) is 25.8. The maximum absolute atomic E-state index is 5.74. The van der Waals surface area contributed by atoms with Gasteiger partial charge in [0.25, 0.3) is 0 Å². The molecule has 2 aromatic rings. The van der Waals surface area contributed by atoms with Crippen molar-refractivity contribution in [1.29, 1.82) is 0 Å². The number of furan rings is 1. The van der Waals surface area contributed by atoms with Crippen LogP contribution in [0.4, 0.5) is 5.82 Å². The van der Waals surface area contributed by atoms with Crippen LogP contribution in [0.3, 0.4) is 0 Å². The van der Waals surface area contributed by atoms with Crippen molar-refractivity contribution in [3.05, 3.63) is 48.0 Å². The third-order valence-electron chi connectivity index (χ3n) is 6.05. The number of likely N-dealkylation sites (tertiary alicyclic amines) is 1. The zero-order chi connectivity index (χ0) is 22.2. The quantitative estimate of drug-likeness (QED) is 0.287. The Hall–Kier alpha value is -1.85. The van der Waals surface area contributed by atoms with Crippen LogP contribution in [0.5, 0.6) is 0 Å². The number of nitrogens with zero attached hydrogens (tertiary/aromatic N) is 4. The number of hydrogen-bond acceptors (Lipinski definition) is 6. The predicted molar refractivity (Wildman–Crippen MR) is 142 cm³/mol. The molecule has 2 aliphatic heterocycles. The van der Waals surface area contributed by atoms with Crippen molar-refractivity contribution in [3.8, 4) is 0 Å². The van der Waals surface area contributed by atoms with E-state index in [9.17, 15) is 0 Å². The maximum Gasteiger partial charge on any atom is 0.191 e. The molecule has 0 aliphatic carbocycles. The zero-order valence-electron chi connectivity index (χ0n) is 19.7. The molecule has 2 N–H and O–H groups in total. The van der Waals surface area contributed by atoms with Crippen LogP contribution >= 0.6 is 24.0 Å². The van der Waals surface area contributed by atoms with Crippen molar-refractivity contribution in [1.82, 2.24) is 20.5 Å². The minimum Gasteiger partial charge on any atom is -0.468 e. The molecule has 4 heterocycles. The smallest absolute Gasteiger partial charge is 0.191 e. The molecule has 2 aromatic heterocycles. The molecule has 2 unspecified atom stereocenters. The standard InChI is InChI=1S/C24H36N6O2.HI/c1-3-25-24(28-17-21(22-7-6-13-32-22)29-10-4-5-11-29)27-16-20-8-9-23(26-15-20)30-12-14-31-19(2)18-30;/h6-9,13,15,19,21H,3-5,10-12,14,16-18H2,1-2H3,(H2,25,27,28);1H. The highest BCUT2D eigenvalue weighted by atomic mass is 127. The van der Waals surface area contributed by atoms with Gasteiger partial charge in [-0.2, -0.15) is 0 Å². The van der Waals surface area contributed by atoms with Gasteiger partial charge in [0, 0.05) is 32.4 Å². The average molecular weight is 569 g/mol. The van der Waals surface area contributed by atoms with Crippen molar-refractivity contribution in [2.24, 2.45) is 4.99 Å². The van der Waals surface area contributed by atoms with Crippen LogP contribution in [0.2, 0.25) is 0 Å². The summed E-state index contributed by atoms with van der Waals surface area (Å²) in [7, 11) is 0. The number of morpholine rings is 1. The second-order valence-electron chi connectivity index (χ2n) is 8.50. The van der Waals surface area contributed by atoms with E-state index in [1.165, 1.54) is 12.8 Å². The predicted octanol–water partition coefficient (Wildman–Crippen LogP) is 3.41. The summed E-state index contributed by atoms with van der Waals surface area (Å²) in [5, 5.41) is 6.88. The maximum atomic E-state index is 5.74. The number of hydrogen-bond donors (Lipinski definition) is 2. The van der Waals surface area contributed by atoms with Crippen LogP contribution < -0.4 is 15.5 Å². The largest absolute Gasteiger partial charge is 0.468 e. The van der Waals surface area contributed by atoms with Crippen LogP contribution in [0.1, 0.15) is 44.1 Å². The summed E-state index contributed by atoms with van der Waals surface area (Å²) in [6, 6.07) is 8.45. The molecule has 9 heteroatoms. The van der Waals surface area contributed by atoms with Crippen molar-refractivity contribution >= 4 is 35.8 Å². The van der Waals surface area contributed by atoms with Crippen LogP contribution in [0.25, 0.3) is 0 Å². The number of pyridine rings is 1. The Morgan fingerprint density at radius 2 is 2.06 bits per heavy atom. The van der Waals surface area contributed by atoms with Crippen molar-refractivity contribution in [2.75, 3.05) is 50.8 Å². The Morgan fingerprint density at radius 3 is 2.73 bits per heavy atom. The average Bonchev–Trinajstić information content (AvgIpc) is 3.53. The second-order valence-corrected chi connectivity index (χ2v) is 8.50. The summed E-state index contributed by atoms with van der Waals surface area (Å²) < 4.78 is 11.4. The molecule has 2 saturated heterocycles. The molecular formula is C24H37IN6O2. The normalized spacial score (nSPS) is 20.4. The number of nitrogens with one attached hydrogen (secondary N) is 2. The summed E-state index contributed by atoms with van der Waals surface area (Å²) in [4.78, 5) is 14.2. The molecule has 8 nitrogen and oxygen atoms in total. The van der Waals surface area contributed by atoms with Crippen LogP contribution in [0, 0.1) is 0 Å². The van der Waals surface area contributed by atoms with Gasteiger partial charge in [-0.1, -0.05) is 6.07 Å². The SMILES string of the molecule is CCNC(=NCc1ccc(N2CCOC(C)C2)nc1)NCC(c1ccco1)N1CCCC1.I. The molecule has 0 bridgehead atoms. The number of rotatable bonds is 8. The van der Waals surface area contributed by atoms with Gasteiger partial charge >= 0.3 is 0 Å². The molecule has 2 fully saturated rings. The van der Waals surface area contributed by atoms with Crippen LogP contribution in [-0.2, 0) is 11.3 Å². The Balaban J connectivity index is 0.00000306. The highest BCUT2D eigenvalue weighted by Crippen LogP contribution is 2.24. The topological polar surface area (TPSA) is 78.2 Å². The minimum atomic E-state index is 0. The molecule has 4 rings (SSSR count). The van der Waals surface area contributed by atoms with E-state index in [1.807, 2.05) is 12.3 Å². The fourth-order valence-electron chi connectivity index (χ4n) is 4.37. The number of guanidine groups is 1. The molecule has 2 aliphatic rings. The Morgan fingerprint density at radius 1 is 1.21 bits per heavy atom. The highest BCUT2D eigenvalue weighted by Gasteiger charge is 2.25. The van der Waals surface area contributed by atoms with Gasteiger partial charge in [0.15, 0.2) is 5.96 Å². The highest BCUT2D eigenvalue weighted by molar-refractivity contribution is 14.0. The number of anilines is 1. The molecule has 2 atom stereocenters. The van der Waals surface area contributed by atoms with Gasteiger partial charge in [0.05, 0.1) is 31.6 Å². The Bertz CT molecular complexity index is 839. The first-order valence-electron chi connectivity index (χ1n) is 11.8. The van der Waals surface area contributed by atoms with E-state index in [4.69, 9.17) is 14.1 Å². The molecule has 0 radical (unpaired) electrons. The number of aromatic nitrogens is 1. The summed E-state index contributed by atoms with van der Waals surface area (Å²) in [5.74, 6) is 2.83. The third-order valence-corrected chi connectivity index (χ3v) is 6.05. The second kappa shape index (κ2) is 13.1. The van der Waals surface area contributed by atoms with Gasteiger partial charge in [-0.05, 0) is 63.5 Å². The van der Waals surface area contributed by atoms with Crippen molar-refractivity contribution in [2.45, 2.75) is 45.4 Å². The molecule has 0 aromatic carbocycles. The lowest BCUT2D eigenvalue weighted by Gasteiger charge is -2.32. The molecule has 33 heavy (non-hydrogen) atoms. The number of aliphatic imine (C=N–C) groups is 1. The molecule has 182 valence electrons. The summed E-state index contributed by atoms with van der Waals surface area (Å²) >= 11 is 0. The van der Waals surface area contributed by atoms with E-state index in [1.54, 1.807) is 6.26 Å². The van der Waals surface area contributed by atoms with Gasteiger partial charge in [0.1, 0.15) is 11.6 Å². The number of halogens is 1. The summed E-state index contributed by atoms with van der Waals surface area (Å²) in [6.07, 6.45) is 6.42. The van der Waals surface area contributed by atoms with Gasteiger partial charge in [-0.25, -0.2) is 9.98 Å². The van der Waals surface area contributed by atoms with Crippen molar-refractivity contribution in [3.63, 3.8) is 0 Å². The lowest BCUT2D eigenvalue weighted by Crippen LogP contribution is -2.42. The van der Waals surface area contributed by atoms with Crippen LogP contribution in [0.15, 0.2) is 46.1 Å². The van der Waals surface area contributed by atoms with Crippen molar-refractivity contribution < 1.29 is 9.15 Å². The molecule has 0 amide bonds. The fourth-order valence-corrected chi connectivity index (χ4v) is 4.37. The van der Waals surface area contributed by atoms with E-state index >= 15 is 0 Å². The van der Waals surface area contributed by atoms with E-state index in [-0.39, 0.29) is 36.1 Å². The summed E-state index contributed by atoms with van der Waals surface area (Å²) in [6.45, 7) is 11.1. The fraction of sp³-hybridized carbons (Fsp3) is 0.583. The van der Waals surface area contributed by atoms with Crippen LogP contribution in [-0.4, -0.2) is 67.8 Å². The van der Waals surface area contributed by atoms with E-state index in [0.29, 0.717) is 6.54 Å². The first-order chi connectivity index (χ1) is 15.7. The van der Waals surface area contributed by atoms with Gasteiger partial charge in [-0.3, -0.25) is 4.90 Å². The molecule has 0 saturated carbocycles. The molecular weight excluding hydrogens is 531 g/mol. The monoisotopic (exact) mass is 568 g/mol. The lowest BCUT2D eigenvalue weighted by atomic mass is 10.2. The first-order valence-corrected chi connectivity index (χ1v) is 11.8. The Kier molecular flexibility index (Phi) is 10.3. The summed E-state index contributed by atoms with van der Waals surface area (Å²) in [5.41, 5.74) is 1.09. The van der Waals surface area contributed by atoms with Gasteiger partial charge in [0.2, 0.25) is 0 Å². The van der Waals surface area contributed by atoms with E-state index < -0.39 is 0 Å². The number of ether oxygens (including phenoxy) is 1. The minimum absolute atomic E-state index is 0. The molecule has 0 spiro atoms. The van der Waals surface area contributed by atoms with E-state index in [2.05, 4.69) is 57.5 Å². The van der Waals surface area contributed by atoms with Gasteiger partial charge in [-0.15, -0.1) is 24.0 Å². The van der Waals surface area contributed by atoms with E-state index in [0.717, 1.165) is 69.0 Å². The van der Waals surface area contributed by atoms with Gasteiger partial charge < -0.3 is 24.7 Å².